The SMILES string of the molecule is COCC1CCN(c2ccc([N+](=O)[O-])c(C(C)=O)c2)C1. The lowest BCUT2D eigenvalue weighted by Gasteiger charge is -2.19. The van der Waals surface area contributed by atoms with Crippen LogP contribution in [0, 0.1) is 16.0 Å². The van der Waals surface area contributed by atoms with Gasteiger partial charge in [-0.1, -0.05) is 0 Å². The summed E-state index contributed by atoms with van der Waals surface area (Å²) >= 11 is 0. The van der Waals surface area contributed by atoms with Crippen LogP contribution in [-0.4, -0.2) is 37.5 Å². The standard InChI is InChI=1S/C14H18N2O4/c1-10(17)13-7-12(3-4-14(13)16(18)19)15-6-5-11(8-15)9-20-2/h3-4,7,11H,5-6,8-9H2,1-2H3. The van der Waals surface area contributed by atoms with Crippen LogP contribution >= 0.6 is 0 Å². The number of benzene rings is 1. The number of methoxy groups -OCH3 is 1. The van der Waals surface area contributed by atoms with Crippen molar-refractivity contribution in [2.24, 2.45) is 5.92 Å². The molecule has 0 amide bonds. The van der Waals surface area contributed by atoms with Gasteiger partial charge < -0.3 is 9.64 Å². The van der Waals surface area contributed by atoms with Crippen molar-refractivity contribution in [2.75, 3.05) is 31.7 Å². The Morgan fingerprint density at radius 1 is 1.55 bits per heavy atom. The van der Waals surface area contributed by atoms with Crippen molar-refractivity contribution < 1.29 is 14.5 Å². The van der Waals surface area contributed by atoms with Gasteiger partial charge in [0.15, 0.2) is 5.78 Å². The Bertz CT molecular complexity index is 530. The first-order valence-electron chi connectivity index (χ1n) is 6.56. The summed E-state index contributed by atoms with van der Waals surface area (Å²) in [5.74, 6) is 0.183. The summed E-state index contributed by atoms with van der Waals surface area (Å²) < 4.78 is 5.15. The Morgan fingerprint density at radius 3 is 2.90 bits per heavy atom. The van der Waals surface area contributed by atoms with Gasteiger partial charge in [0.2, 0.25) is 0 Å². The Labute approximate surface area is 117 Å². The van der Waals surface area contributed by atoms with E-state index in [0.717, 1.165) is 25.2 Å². The molecule has 6 nitrogen and oxygen atoms in total. The van der Waals surface area contributed by atoms with Crippen molar-refractivity contribution in [3.05, 3.63) is 33.9 Å². The third-order valence-electron chi connectivity index (χ3n) is 3.61. The minimum atomic E-state index is -0.516. The van der Waals surface area contributed by atoms with E-state index >= 15 is 0 Å². The summed E-state index contributed by atoms with van der Waals surface area (Å²) in [6.45, 7) is 3.79. The normalized spacial score (nSPS) is 18.3. The van der Waals surface area contributed by atoms with Gasteiger partial charge in [-0.15, -0.1) is 0 Å². The quantitative estimate of drug-likeness (QED) is 0.469. The molecule has 6 heteroatoms. The second kappa shape index (κ2) is 6.00. The number of ketones is 1. The number of carbonyl (C=O) groups is 1. The first kappa shape index (κ1) is 14.5. The van der Waals surface area contributed by atoms with E-state index in [1.54, 1.807) is 19.2 Å². The van der Waals surface area contributed by atoms with Crippen molar-refractivity contribution in [2.45, 2.75) is 13.3 Å². The van der Waals surface area contributed by atoms with Crippen LogP contribution in [0.25, 0.3) is 0 Å². The van der Waals surface area contributed by atoms with Crippen LogP contribution < -0.4 is 4.90 Å². The topological polar surface area (TPSA) is 72.7 Å². The number of nitro groups is 1. The van der Waals surface area contributed by atoms with Crippen LogP contribution in [0.1, 0.15) is 23.7 Å². The molecular weight excluding hydrogens is 260 g/mol. The molecule has 1 saturated heterocycles. The number of nitrogens with zero attached hydrogens (tertiary/aromatic N) is 2. The zero-order valence-electron chi connectivity index (χ0n) is 11.7. The fourth-order valence-corrected chi connectivity index (χ4v) is 2.60. The summed E-state index contributed by atoms with van der Waals surface area (Å²) in [6, 6.07) is 4.74. The molecule has 1 atom stereocenters. The Kier molecular flexibility index (Phi) is 4.34. The van der Waals surface area contributed by atoms with E-state index in [-0.39, 0.29) is 17.0 Å². The summed E-state index contributed by atoms with van der Waals surface area (Å²) in [5.41, 5.74) is 0.899. The van der Waals surface area contributed by atoms with Crippen molar-refractivity contribution in [3.8, 4) is 0 Å². The van der Waals surface area contributed by atoms with Crippen LogP contribution in [0.15, 0.2) is 18.2 Å². The highest BCUT2D eigenvalue weighted by Gasteiger charge is 2.25. The smallest absolute Gasteiger partial charge is 0.280 e. The van der Waals surface area contributed by atoms with E-state index in [1.807, 2.05) is 0 Å². The highest BCUT2D eigenvalue weighted by molar-refractivity contribution is 5.99. The molecule has 0 radical (unpaired) electrons. The van der Waals surface area contributed by atoms with Crippen LogP contribution in [-0.2, 0) is 4.74 Å². The highest BCUT2D eigenvalue weighted by atomic mass is 16.6. The van der Waals surface area contributed by atoms with E-state index < -0.39 is 4.92 Å². The van der Waals surface area contributed by atoms with Gasteiger partial charge in [0.1, 0.15) is 0 Å². The number of nitro benzene ring substituents is 1. The molecule has 0 spiro atoms. The third kappa shape index (κ3) is 2.96. The van der Waals surface area contributed by atoms with Gasteiger partial charge in [-0.25, -0.2) is 0 Å². The zero-order valence-corrected chi connectivity index (χ0v) is 11.7. The second-order valence-electron chi connectivity index (χ2n) is 5.07. The number of anilines is 1. The zero-order chi connectivity index (χ0) is 14.7. The Hall–Kier alpha value is -1.95. The van der Waals surface area contributed by atoms with Crippen LogP contribution in [0.2, 0.25) is 0 Å². The van der Waals surface area contributed by atoms with E-state index in [9.17, 15) is 14.9 Å². The van der Waals surface area contributed by atoms with Gasteiger partial charge in [-0.3, -0.25) is 14.9 Å². The Balaban J connectivity index is 2.24. The number of carbonyl (C=O) groups excluding carboxylic acids is 1. The maximum Gasteiger partial charge on any atom is 0.280 e. The summed E-state index contributed by atoms with van der Waals surface area (Å²) in [5, 5.41) is 10.9. The number of hydrogen-bond donors (Lipinski definition) is 0. The minimum absolute atomic E-state index is 0.131. The molecule has 1 aliphatic rings. The molecule has 1 aliphatic heterocycles. The molecule has 1 heterocycles. The summed E-state index contributed by atoms with van der Waals surface area (Å²) in [6.07, 6.45) is 1.03. The lowest BCUT2D eigenvalue weighted by Crippen LogP contribution is -2.21. The third-order valence-corrected chi connectivity index (χ3v) is 3.61. The Morgan fingerprint density at radius 2 is 2.30 bits per heavy atom. The van der Waals surface area contributed by atoms with Gasteiger partial charge in [0.05, 0.1) is 17.1 Å². The molecular formula is C14H18N2O4. The average molecular weight is 278 g/mol. The highest BCUT2D eigenvalue weighted by Crippen LogP contribution is 2.29. The van der Waals surface area contributed by atoms with Gasteiger partial charge in [-0.05, 0) is 25.5 Å². The number of ether oxygens (including phenoxy) is 1. The van der Waals surface area contributed by atoms with Crippen LogP contribution in [0.4, 0.5) is 11.4 Å². The molecule has 1 unspecified atom stereocenters. The predicted molar refractivity (Wildman–Crippen MR) is 75.3 cm³/mol. The van der Waals surface area contributed by atoms with Gasteiger partial charge in [-0.2, -0.15) is 0 Å². The molecule has 1 fully saturated rings. The summed E-state index contributed by atoms with van der Waals surface area (Å²) in [4.78, 5) is 24.1. The van der Waals surface area contributed by atoms with Gasteiger partial charge in [0.25, 0.3) is 5.69 Å². The van der Waals surface area contributed by atoms with Gasteiger partial charge in [0, 0.05) is 37.9 Å². The molecule has 1 aromatic rings. The largest absolute Gasteiger partial charge is 0.384 e. The van der Waals surface area contributed by atoms with Crippen LogP contribution in [0.3, 0.4) is 0 Å². The van der Waals surface area contributed by atoms with Crippen molar-refractivity contribution in [1.82, 2.24) is 0 Å². The van der Waals surface area contributed by atoms with Gasteiger partial charge >= 0.3 is 0 Å². The van der Waals surface area contributed by atoms with E-state index in [1.165, 1.54) is 13.0 Å². The molecule has 1 aromatic carbocycles. The molecule has 0 N–H and O–H groups in total. The average Bonchev–Trinajstić information content (AvgIpc) is 2.87. The predicted octanol–water partition coefficient (Wildman–Crippen LogP) is 2.27. The fourth-order valence-electron chi connectivity index (χ4n) is 2.60. The first-order valence-corrected chi connectivity index (χ1v) is 6.56. The van der Waals surface area contributed by atoms with Crippen molar-refractivity contribution in [1.29, 1.82) is 0 Å². The fraction of sp³-hybridized carbons (Fsp3) is 0.500. The van der Waals surface area contributed by atoms with E-state index in [0.29, 0.717) is 12.5 Å². The molecule has 0 aromatic heterocycles. The molecule has 0 aliphatic carbocycles. The molecule has 20 heavy (non-hydrogen) atoms. The monoisotopic (exact) mass is 278 g/mol. The molecule has 2 rings (SSSR count). The van der Waals surface area contributed by atoms with Crippen LogP contribution in [0.5, 0.6) is 0 Å². The minimum Gasteiger partial charge on any atom is -0.384 e. The number of rotatable bonds is 5. The van der Waals surface area contributed by atoms with E-state index in [4.69, 9.17) is 4.74 Å². The molecule has 108 valence electrons. The molecule has 0 bridgehead atoms. The maximum absolute atomic E-state index is 11.6. The van der Waals surface area contributed by atoms with E-state index in [2.05, 4.69) is 4.90 Å². The van der Waals surface area contributed by atoms with Crippen molar-refractivity contribution >= 4 is 17.2 Å². The lowest BCUT2D eigenvalue weighted by atomic mass is 10.1. The lowest BCUT2D eigenvalue weighted by molar-refractivity contribution is -0.385. The molecule has 0 saturated carbocycles. The second-order valence-corrected chi connectivity index (χ2v) is 5.07. The number of hydrogen-bond acceptors (Lipinski definition) is 5. The first-order chi connectivity index (χ1) is 9.52. The van der Waals surface area contributed by atoms with Crippen molar-refractivity contribution in [3.63, 3.8) is 0 Å². The maximum atomic E-state index is 11.6. The summed E-state index contributed by atoms with van der Waals surface area (Å²) in [7, 11) is 1.68. The number of Topliss-reactive ketones (excluding diaryl/α,β-unsaturated/α-hetero) is 1.